The topological polar surface area (TPSA) is 65.1 Å². The summed E-state index contributed by atoms with van der Waals surface area (Å²) in [5, 5.41) is 0. The minimum absolute atomic E-state index is 0.0304. The monoisotopic (exact) mass is 373 g/mol. The molecule has 0 aliphatic carbocycles. The Labute approximate surface area is 143 Å². The molecular weight excluding hydrogens is 362 g/mol. The zero-order valence-electron chi connectivity index (χ0n) is 13.0. The average molecular weight is 373 g/mol. The molecule has 0 radical (unpaired) electrons. The van der Waals surface area contributed by atoms with Crippen molar-refractivity contribution in [2.75, 3.05) is 4.90 Å². The van der Waals surface area contributed by atoms with E-state index in [1.54, 1.807) is 0 Å². The first-order valence-electron chi connectivity index (χ1n) is 8.00. The van der Waals surface area contributed by atoms with Gasteiger partial charge in [-0.15, -0.1) is 0 Å². The molecule has 0 spiro atoms. The van der Waals surface area contributed by atoms with Gasteiger partial charge in [0.2, 0.25) is 11.8 Å². The highest BCUT2D eigenvalue weighted by Crippen LogP contribution is 2.51. The number of imide groups is 1. The van der Waals surface area contributed by atoms with E-state index in [0.29, 0.717) is 12.8 Å². The summed E-state index contributed by atoms with van der Waals surface area (Å²) < 4.78 is 66.8. The van der Waals surface area contributed by atoms with E-state index in [2.05, 4.69) is 9.47 Å². The van der Waals surface area contributed by atoms with Gasteiger partial charge in [-0.3, -0.25) is 9.59 Å². The fourth-order valence-electron chi connectivity index (χ4n) is 4.16. The van der Waals surface area contributed by atoms with Crippen LogP contribution in [0.4, 0.5) is 23.2 Å². The molecule has 4 aliphatic heterocycles. The van der Waals surface area contributed by atoms with Crippen molar-refractivity contribution in [1.29, 1.82) is 0 Å². The molecule has 4 heterocycles. The molecule has 3 saturated heterocycles. The molecule has 10 heteroatoms. The number of anilines is 1. The summed E-state index contributed by atoms with van der Waals surface area (Å²) >= 11 is 0. The van der Waals surface area contributed by atoms with Crippen molar-refractivity contribution >= 4 is 17.5 Å². The number of nitrogens with zero attached hydrogens (tertiary/aromatic N) is 1. The Morgan fingerprint density at radius 1 is 0.885 bits per heavy atom. The molecular formula is C16H11F4NO5. The van der Waals surface area contributed by atoms with Crippen LogP contribution in [0.1, 0.15) is 12.8 Å². The van der Waals surface area contributed by atoms with E-state index >= 15 is 0 Å². The number of benzene rings is 1. The van der Waals surface area contributed by atoms with Gasteiger partial charge in [0.25, 0.3) is 0 Å². The lowest BCUT2D eigenvalue weighted by atomic mass is 9.81. The summed E-state index contributed by atoms with van der Waals surface area (Å²) in [7, 11) is 0. The number of hydrogen-bond donors (Lipinski definition) is 0. The largest absolute Gasteiger partial charge is 0.507 e. The number of ether oxygens (including phenoxy) is 3. The number of rotatable bonds is 1. The van der Waals surface area contributed by atoms with Crippen molar-refractivity contribution in [3.63, 3.8) is 0 Å². The third-order valence-corrected chi connectivity index (χ3v) is 5.28. The normalized spacial score (nSPS) is 35.8. The Morgan fingerprint density at radius 3 is 2.00 bits per heavy atom. The van der Waals surface area contributed by atoms with Gasteiger partial charge in [-0.05, 0) is 25.0 Å². The van der Waals surface area contributed by atoms with Gasteiger partial charge in [0.1, 0.15) is 0 Å². The van der Waals surface area contributed by atoms with E-state index in [1.165, 1.54) is 6.07 Å². The molecule has 2 amide bonds. The van der Waals surface area contributed by atoms with Crippen molar-refractivity contribution < 1.29 is 41.4 Å². The van der Waals surface area contributed by atoms with Gasteiger partial charge < -0.3 is 14.2 Å². The first-order chi connectivity index (χ1) is 12.2. The molecule has 138 valence electrons. The van der Waals surface area contributed by atoms with Gasteiger partial charge >= 0.3 is 12.2 Å². The molecule has 1 aromatic rings. The molecule has 26 heavy (non-hydrogen) atoms. The standard InChI is InChI=1S/C16H11F4NO5/c17-15(18)16(19,20)26-10-5-6(1-2-7(10)25-15)21-13(22)11-8-3-4-9(24-8)12(11)14(21)23/h1-2,5,8-9,11-12H,3-4H2. The zero-order chi connectivity index (χ0) is 18.4. The Morgan fingerprint density at radius 2 is 1.42 bits per heavy atom. The fraction of sp³-hybridized carbons (Fsp3) is 0.500. The molecule has 0 N–H and O–H groups in total. The minimum atomic E-state index is -4.87. The van der Waals surface area contributed by atoms with E-state index in [1.807, 2.05) is 0 Å². The van der Waals surface area contributed by atoms with Gasteiger partial charge in [-0.1, -0.05) is 0 Å². The fourth-order valence-corrected chi connectivity index (χ4v) is 4.16. The molecule has 2 bridgehead atoms. The Kier molecular flexibility index (Phi) is 2.85. The summed E-state index contributed by atoms with van der Waals surface area (Å²) in [6.45, 7) is 0. The van der Waals surface area contributed by atoms with Gasteiger partial charge in [-0.25, -0.2) is 4.90 Å². The van der Waals surface area contributed by atoms with Crippen LogP contribution in [0.3, 0.4) is 0 Å². The van der Waals surface area contributed by atoms with Crippen LogP contribution in [0.2, 0.25) is 0 Å². The molecule has 0 saturated carbocycles. The highest BCUT2D eigenvalue weighted by molar-refractivity contribution is 6.22. The second-order valence-electron chi connectivity index (χ2n) is 6.72. The smallest absolute Gasteiger partial charge is 0.421 e. The predicted octanol–water partition coefficient (Wildman–Crippen LogP) is 2.31. The average Bonchev–Trinajstić information content (AvgIpc) is 3.22. The van der Waals surface area contributed by atoms with Gasteiger partial charge in [-0.2, -0.15) is 17.6 Å². The van der Waals surface area contributed by atoms with Crippen LogP contribution >= 0.6 is 0 Å². The summed E-state index contributed by atoms with van der Waals surface area (Å²) in [5.74, 6) is -3.44. The second-order valence-corrected chi connectivity index (χ2v) is 6.72. The SMILES string of the molecule is O=C1C2C3CCC(O3)C2C(=O)N1c1ccc2c(c1)OC(F)(F)C(F)(F)O2. The lowest BCUT2D eigenvalue weighted by molar-refractivity contribution is -0.391. The lowest BCUT2D eigenvalue weighted by Crippen LogP contribution is -2.52. The highest BCUT2D eigenvalue weighted by atomic mass is 19.3. The molecule has 1 aromatic carbocycles. The van der Waals surface area contributed by atoms with Crippen molar-refractivity contribution in [3.05, 3.63) is 18.2 Å². The van der Waals surface area contributed by atoms with Gasteiger partial charge in [0.15, 0.2) is 11.5 Å². The third-order valence-electron chi connectivity index (χ3n) is 5.28. The molecule has 4 unspecified atom stereocenters. The van der Waals surface area contributed by atoms with Crippen molar-refractivity contribution in [1.82, 2.24) is 0 Å². The van der Waals surface area contributed by atoms with Crippen molar-refractivity contribution in [2.45, 2.75) is 37.3 Å². The maximum atomic E-state index is 13.4. The highest BCUT2D eigenvalue weighted by Gasteiger charge is 2.66. The Hall–Kier alpha value is -2.36. The molecule has 5 rings (SSSR count). The zero-order valence-corrected chi connectivity index (χ0v) is 13.0. The number of carbonyl (C=O) groups excluding carboxylic acids is 2. The number of halogens is 4. The van der Waals surface area contributed by atoms with Crippen molar-refractivity contribution in [2.24, 2.45) is 11.8 Å². The second kappa shape index (κ2) is 4.67. The van der Waals surface area contributed by atoms with Crippen LogP contribution in [-0.2, 0) is 14.3 Å². The Balaban J connectivity index is 1.51. The quantitative estimate of drug-likeness (QED) is 0.558. The van der Waals surface area contributed by atoms with Gasteiger partial charge in [0.05, 0.1) is 29.7 Å². The minimum Gasteiger partial charge on any atom is -0.421 e. The van der Waals surface area contributed by atoms with E-state index in [-0.39, 0.29) is 17.9 Å². The van der Waals surface area contributed by atoms with Crippen molar-refractivity contribution in [3.8, 4) is 11.5 Å². The van der Waals surface area contributed by atoms with E-state index < -0.39 is 47.4 Å². The first-order valence-corrected chi connectivity index (χ1v) is 8.00. The van der Waals surface area contributed by atoms with Crippen LogP contribution in [0, 0.1) is 11.8 Å². The maximum absolute atomic E-state index is 13.4. The number of amides is 2. The van der Waals surface area contributed by atoms with Crippen LogP contribution in [-0.4, -0.2) is 36.2 Å². The summed E-state index contributed by atoms with van der Waals surface area (Å²) in [6.07, 6.45) is -8.99. The molecule has 4 aliphatic rings. The number of carbonyl (C=O) groups is 2. The van der Waals surface area contributed by atoms with E-state index in [0.717, 1.165) is 17.0 Å². The lowest BCUT2D eigenvalue weighted by Gasteiger charge is -2.32. The maximum Gasteiger partial charge on any atom is 0.507 e. The molecule has 0 aromatic heterocycles. The van der Waals surface area contributed by atoms with E-state index in [9.17, 15) is 27.2 Å². The summed E-state index contributed by atoms with van der Waals surface area (Å²) in [5.41, 5.74) is -0.0304. The summed E-state index contributed by atoms with van der Waals surface area (Å²) in [6, 6.07) is 3.08. The predicted molar refractivity (Wildman–Crippen MR) is 75.0 cm³/mol. The molecule has 4 atom stereocenters. The van der Waals surface area contributed by atoms with Crippen LogP contribution in [0.5, 0.6) is 11.5 Å². The third kappa shape index (κ3) is 1.85. The number of hydrogen-bond acceptors (Lipinski definition) is 5. The van der Waals surface area contributed by atoms with E-state index in [4.69, 9.17) is 4.74 Å². The summed E-state index contributed by atoms with van der Waals surface area (Å²) in [4.78, 5) is 26.2. The van der Waals surface area contributed by atoms with Crippen LogP contribution < -0.4 is 14.4 Å². The number of alkyl halides is 4. The molecule has 6 nitrogen and oxygen atoms in total. The van der Waals surface area contributed by atoms with Crippen LogP contribution in [0.25, 0.3) is 0 Å². The Bertz CT molecular complexity index is 816. The van der Waals surface area contributed by atoms with Crippen LogP contribution in [0.15, 0.2) is 18.2 Å². The number of fused-ring (bicyclic) bond motifs is 6. The van der Waals surface area contributed by atoms with Gasteiger partial charge in [0, 0.05) is 6.07 Å². The molecule has 3 fully saturated rings. The first kappa shape index (κ1) is 15.9.